The van der Waals surface area contributed by atoms with Crippen LogP contribution in [0.1, 0.15) is 109 Å². The molecular formula is C54H65Cl5N4O10S4. The predicted octanol–water partition coefficient (Wildman–Crippen LogP) is 11.7. The molecule has 0 bridgehead atoms. The quantitative estimate of drug-likeness (QED) is 0.0179. The summed E-state index contributed by atoms with van der Waals surface area (Å²) in [6, 6.07) is 22.9. The van der Waals surface area contributed by atoms with Gasteiger partial charge in [0, 0.05) is 59.1 Å². The lowest BCUT2D eigenvalue weighted by Gasteiger charge is -2.43. The Morgan fingerprint density at radius 2 is 0.961 bits per heavy atom. The first-order valence-electron chi connectivity index (χ1n) is 24.7. The van der Waals surface area contributed by atoms with Gasteiger partial charge in [-0.2, -0.15) is 0 Å². The Morgan fingerprint density at radius 1 is 0.597 bits per heavy atom. The zero-order valence-electron chi connectivity index (χ0n) is 43.2. The third-order valence-corrected chi connectivity index (χ3v) is 18.0. The van der Waals surface area contributed by atoms with Crippen LogP contribution in [0.4, 0.5) is 11.4 Å². The number of rotatable bonds is 23. The van der Waals surface area contributed by atoms with Crippen molar-refractivity contribution >= 4 is 147 Å². The van der Waals surface area contributed by atoms with Crippen molar-refractivity contribution < 1.29 is 45.5 Å². The van der Waals surface area contributed by atoms with Gasteiger partial charge in [0.1, 0.15) is 31.8 Å². The van der Waals surface area contributed by atoms with Crippen LogP contribution in [0.3, 0.4) is 0 Å². The number of carbonyl (C=O) groups is 4. The minimum Gasteiger partial charge on any atom is -0.467 e. The molecule has 5 N–H and O–H groups in total. The van der Waals surface area contributed by atoms with E-state index in [-0.39, 0.29) is 59.5 Å². The van der Waals surface area contributed by atoms with Crippen LogP contribution in [0.2, 0.25) is 20.1 Å². The molecule has 0 aromatic heterocycles. The molecule has 0 spiro atoms. The number of hydrogen-bond acceptors (Lipinski definition) is 13. The maximum atomic E-state index is 12.6. The van der Waals surface area contributed by atoms with E-state index in [9.17, 15) is 36.0 Å². The van der Waals surface area contributed by atoms with Crippen molar-refractivity contribution in [3.8, 4) is 0 Å². The number of esters is 2. The summed E-state index contributed by atoms with van der Waals surface area (Å²) in [4.78, 5) is 49.5. The predicted molar refractivity (Wildman–Crippen MR) is 319 cm³/mol. The summed E-state index contributed by atoms with van der Waals surface area (Å²) >= 11 is 40.2. The molecular weight excluding hydrogens is 1170 g/mol. The van der Waals surface area contributed by atoms with Crippen molar-refractivity contribution in [2.75, 3.05) is 49.3 Å². The van der Waals surface area contributed by atoms with Crippen LogP contribution in [0.5, 0.6) is 0 Å². The lowest BCUT2D eigenvalue weighted by atomic mass is 9.65. The van der Waals surface area contributed by atoms with Crippen molar-refractivity contribution in [1.29, 1.82) is 0 Å². The molecule has 4 aromatic carbocycles. The molecule has 2 saturated carbocycles. The van der Waals surface area contributed by atoms with E-state index >= 15 is 0 Å². The number of nitrogens with one attached hydrogen (secondary N) is 3. The molecule has 77 heavy (non-hydrogen) atoms. The van der Waals surface area contributed by atoms with Gasteiger partial charge in [-0.25, -0.2) is 26.4 Å². The molecule has 420 valence electrons. The van der Waals surface area contributed by atoms with Gasteiger partial charge in [0.25, 0.3) is 11.1 Å². The molecule has 2 aliphatic rings. The Balaban J connectivity index is 0.000000285. The highest BCUT2D eigenvalue weighted by molar-refractivity contribution is 7.90. The zero-order valence-corrected chi connectivity index (χ0v) is 50.3. The first-order valence-corrected chi connectivity index (χ1v) is 31.5. The number of hydrogen-bond donors (Lipinski definition) is 4. The lowest BCUT2D eigenvalue weighted by molar-refractivity contribution is -0.143. The van der Waals surface area contributed by atoms with Crippen molar-refractivity contribution in [3.05, 3.63) is 127 Å². The van der Waals surface area contributed by atoms with Gasteiger partial charge >= 0.3 is 11.9 Å². The Morgan fingerprint density at radius 3 is 1.27 bits per heavy atom. The van der Waals surface area contributed by atoms with Gasteiger partial charge in [-0.15, -0.1) is 0 Å². The molecule has 2 fully saturated rings. The fourth-order valence-electron chi connectivity index (χ4n) is 8.78. The van der Waals surface area contributed by atoms with Crippen LogP contribution in [0, 0.1) is 10.8 Å². The summed E-state index contributed by atoms with van der Waals surface area (Å²) < 4.78 is 55.5. The monoisotopic (exact) mass is 1230 g/mol. The number of sulfone groups is 2. The second-order valence-electron chi connectivity index (χ2n) is 19.3. The highest BCUT2D eigenvalue weighted by atomic mass is 35.5. The molecule has 2 aliphatic carbocycles. The number of ether oxygens (including phenoxy) is 2. The maximum Gasteiger partial charge on any atom is 0.328 e. The average Bonchev–Trinajstić information content (AvgIpc) is 3.32. The van der Waals surface area contributed by atoms with Gasteiger partial charge in [0.15, 0.2) is 0 Å². The topological polar surface area (TPSA) is 217 Å². The van der Waals surface area contributed by atoms with Crippen LogP contribution in [0.25, 0.3) is 0 Å². The van der Waals surface area contributed by atoms with Crippen LogP contribution in [0.15, 0.2) is 84.9 Å². The van der Waals surface area contributed by atoms with E-state index in [1.54, 1.807) is 60.7 Å². The average molecular weight is 1240 g/mol. The molecule has 23 heteroatoms. The number of anilines is 2. The smallest absolute Gasteiger partial charge is 0.328 e. The van der Waals surface area contributed by atoms with Gasteiger partial charge in [-0.1, -0.05) is 133 Å². The summed E-state index contributed by atoms with van der Waals surface area (Å²) in [5, 5.41) is 9.69. The normalized spacial score (nSPS) is 14.9. The number of nitrogen functional groups attached to an aromatic ring is 1. The summed E-state index contributed by atoms with van der Waals surface area (Å²) in [6.45, 7) is 0. The molecule has 2 unspecified atom stereocenters. The van der Waals surface area contributed by atoms with E-state index in [1.807, 2.05) is 24.3 Å². The number of benzene rings is 4. The second-order valence-corrected chi connectivity index (χ2v) is 26.6. The van der Waals surface area contributed by atoms with Crippen molar-refractivity contribution in [2.45, 2.75) is 102 Å². The summed E-state index contributed by atoms with van der Waals surface area (Å²) in [7, 11) is -3.23. The molecule has 0 aliphatic heterocycles. The summed E-state index contributed by atoms with van der Waals surface area (Å²) in [5.41, 5.74) is 8.77. The maximum absolute atomic E-state index is 12.6. The third-order valence-electron chi connectivity index (χ3n) is 13.4. The highest BCUT2D eigenvalue weighted by Gasteiger charge is 2.43. The van der Waals surface area contributed by atoms with Crippen LogP contribution in [-0.4, -0.2) is 100 Å². The van der Waals surface area contributed by atoms with Gasteiger partial charge < -0.3 is 31.2 Å². The minimum absolute atomic E-state index is 0.139. The number of nitrogens with two attached hydrogens (primary N) is 1. The van der Waals surface area contributed by atoms with Crippen LogP contribution >= 0.6 is 82.4 Å². The summed E-state index contributed by atoms with van der Waals surface area (Å²) in [5.74, 6) is -0.841. The Hall–Kier alpha value is -4.11. The Labute approximate surface area is 488 Å². The minimum atomic E-state index is -2.99. The Kier molecular flexibility index (Phi) is 25.9. The zero-order chi connectivity index (χ0) is 57.1. The van der Waals surface area contributed by atoms with Crippen LogP contribution < -0.4 is 21.7 Å². The Bertz CT molecular complexity index is 2900. The van der Waals surface area contributed by atoms with E-state index in [0.717, 1.165) is 75.3 Å². The van der Waals surface area contributed by atoms with E-state index in [0.29, 0.717) is 47.0 Å². The standard InChI is InChI=1S/C27H32Cl2N2O5S2.C20H30N2O4S2.C7H3Cl3O/c1-36-25(33)22(31-26(37)27(14-6-15-27)13-3-4-16-38(2,34)35)17-18-9-11-19(12-10-18)30-24(32)23-20(28)7-5-8-21(23)29;1-26-18(23)17(14-15-6-8-16(21)9-7-15)22-19(27)20(11-5-12-20)10-3-4-13-28(2,24)25;8-4-2-1-3-5(9)6(4)7(10)11/h5,7-12,22H,3-4,6,13-17H2,1-2H3,(H,30,32)(H,31,37);6-9,17H,3-5,10-14,21H2,1-2H3,(H,22,27);1-3H. The molecule has 6 rings (SSSR count). The number of methoxy groups -OCH3 is 2. The molecule has 0 heterocycles. The molecule has 2 atom stereocenters. The van der Waals surface area contributed by atoms with Crippen LogP contribution in [-0.2, 0) is 51.6 Å². The molecule has 1 amide bonds. The molecule has 14 nitrogen and oxygen atoms in total. The number of thiocarbonyl (C=S) groups is 2. The van der Waals surface area contributed by atoms with Crippen molar-refractivity contribution in [1.82, 2.24) is 10.6 Å². The molecule has 0 saturated heterocycles. The van der Waals surface area contributed by atoms with Gasteiger partial charge in [-0.05, 0) is 123 Å². The highest BCUT2D eigenvalue weighted by Crippen LogP contribution is 2.47. The number of carbonyl (C=O) groups excluding carboxylic acids is 4. The second kappa shape index (κ2) is 30.5. The van der Waals surface area contributed by atoms with Gasteiger partial charge in [0.05, 0.1) is 55.4 Å². The first-order chi connectivity index (χ1) is 36.2. The van der Waals surface area contributed by atoms with E-state index < -0.39 is 48.9 Å². The van der Waals surface area contributed by atoms with E-state index in [4.69, 9.17) is 97.6 Å². The lowest BCUT2D eigenvalue weighted by Crippen LogP contribution is -2.51. The number of amides is 1. The van der Waals surface area contributed by atoms with E-state index in [1.165, 1.54) is 26.7 Å². The fraction of sp³-hybridized carbons (Fsp3) is 0.444. The largest absolute Gasteiger partial charge is 0.467 e. The third kappa shape index (κ3) is 20.8. The fourth-order valence-corrected chi connectivity index (χ4v) is 12.6. The number of halogens is 5. The van der Waals surface area contributed by atoms with E-state index in [2.05, 4.69) is 16.0 Å². The van der Waals surface area contributed by atoms with Gasteiger partial charge in [-0.3, -0.25) is 9.59 Å². The molecule has 0 radical (unpaired) electrons. The van der Waals surface area contributed by atoms with Crippen molar-refractivity contribution in [2.24, 2.45) is 10.8 Å². The van der Waals surface area contributed by atoms with Crippen molar-refractivity contribution in [3.63, 3.8) is 0 Å². The summed E-state index contributed by atoms with van der Waals surface area (Å²) in [6.07, 6.45) is 13.6. The van der Waals surface area contributed by atoms with Gasteiger partial charge in [0.2, 0.25) is 0 Å². The SMILES string of the molecule is COC(=O)C(Cc1ccc(N)cc1)NC(=S)C1(CCCCS(C)(=O)=O)CCC1.COC(=O)C(Cc1ccc(NC(=O)c2c(Cl)cccc2Cl)cc1)NC(=S)C1(CCCCS(C)(=O)=O)CCC1.O=C(Cl)c1c(Cl)cccc1Cl. The first kappa shape index (κ1) is 65.4. The molecule has 4 aromatic rings. The number of unbranched alkanes of at least 4 members (excludes halogenated alkanes) is 2.